The lowest BCUT2D eigenvalue weighted by Crippen LogP contribution is -2.50. The number of hydrogen-bond donors (Lipinski definition) is 1. The van der Waals surface area contributed by atoms with E-state index in [1.165, 1.54) is 12.1 Å². The lowest BCUT2D eigenvalue weighted by Gasteiger charge is -2.34. The standard InChI is InChI=1S/C24H16Cl6N2O3/c1-10-6-11(2)8-13(7-10)31-19(33)12-4-3-5-14(9-12)32-20(34)15-16(21(32)35)23(28)18(26)17(25)22(15,27)24(23,29)30/h3-9,15-16H,1-2H3,(H,31,33)/t15-,16-,22-,23-/m1/s1. The molecule has 0 aromatic heterocycles. The molecule has 2 aromatic rings. The molecular formula is C24H16Cl6N2O3. The van der Waals surface area contributed by atoms with Gasteiger partial charge < -0.3 is 5.32 Å². The summed E-state index contributed by atoms with van der Waals surface area (Å²) in [4.78, 5) is 37.2. The van der Waals surface area contributed by atoms with E-state index >= 15 is 0 Å². The molecule has 0 spiro atoms. The van der Waals surface area contributed by atoms with Gasteiger partial charge in [-0.15, -0.1) is 23.2 Å². The number of alkyl halides is 4. The molecular weight excluding hydrogens is 577 g/mol. The predicted octanol–water partition coefficient (Wildman–Crippen LogP) is 6.51. The third kappa shape index (κ3) is 3.12. The van der Waals surface area contributed by atoms with Crippen molar-refractivity contribution < 1.29 is 14.4 Å². The first-order valence-corrected chi connectivity index (χ1v) is 12.7. The summed E-state index contributed by atoms with van der Waals surface area (Å²) in [5, 5.41) is 2.51. The maximum absolute atomic E-state index is 13.5. The molecule has 2 bridgehead atoms. The molecule has 5 rings (SSSR count). The third-order valence-corrected chi connectivity index (χ3v) is 11.0. The average molecular weight is 593 g/mol. The summed E-state index contributed by atoms with van der Waals surface area (Å²) in [5.74, 6) is -4.26. The molecule has 1 N–H and O–H groups in total. The van der Waals surface area contributed by atoms with Crippen molar-refractivity contribution in [1.82, 2.24) is 0 Å². The monoisotopic (exact) mass is 590 g/mol. The van der Waals surface area contributed by atoms with E-state index in [1.54, 1.807) is 12.1 Å². The highest BCUT2D eigenvalue weighted by Gasteiger charge is 2.87. The largest absolute Gasteiger partial charge is 0.322 e. The minimum atomic E-state index is -2.00. The molecule has 4 atom stereocenters. The lowest BCUT2D eigenvalue weighted by molar-refractivity contribution is -0.123. The van der Waals surface area contributed by atoms with E-state index in [1.807, 2.05) is 32.0 Å². The molecule has 3 amide bonds. The van der Waals surface area contributed by atoms with Gasteiger partial charge in [-0.25, -0.2) is 4.90 Å². The molecule has 11 heteroatoms. The van der Waals surface area contributed by atoms with Crippen LogP contribution < -0.4 is 10.2 Å². The zero-order chi connectivity index (χ0) is 25.7. The SMILES string of the molecule is Cc1cc(C)cc(NC(=O)c2cccc(N3C(=O)[C@H]4[C@H](C3=O)[C@@]3(Cl)C(Cl)=C(Cl)[C@@]4(Cl)C3(Cl)Cl)c2)c1. The number of rotatable bonds is 3. The molecule has 35 heavy (non-hydrogen) atoms. The molecule has 1 saturated carbocycles. The highest BCUT2D eigenvalue weighted by Crippen LogP contribution is 2.77. The van der Waals surface area contributed by atoms with Crippen molar-refractivity contribution in [2.24, 2.45) is 11.8 Å². The van der Waals surface area contributed by atoms with E-state index in [-0.39, 0.29) is 21.3 Å². The average Bonchev–Trinajstić information content (AvgIpc) is 3.17. The van der Waals surface area contributed by atoms with E-state index in [4.69, 9.17) is 69.6 Å². The Hall–Kier alpha value is -1.47. The first-order chi connectivity index (χ1) is 16.3. The molecule has 3 aliphatic rings. The van der Waals surface area contributed by atoms with E-state index in [9.17, 15) is 14.4 Å². The number of amides is 3. The van der Waals surface area contributed by atoms with E-state index < -0.39 is 43.6 Å². The van der Waals surface area contributed by atoms with Crippen LogP contribution in [0.25, 0.3) is 0 Å². The highest BCUT2D eigenvalue weighted by atomic mass is 35.5. The Labute approximate surface area is 231 Å². The number of fused-ring (bicyclic) bond motifs is 5. The number of nitrogens with one attached hydrogen (secondary N) is 1. The fourth-order valence-electron chi connectivity index (χ4n) is 5.29. The van der Waals surface area contributed by atoms with Gasteiger partial charge in [0.05, 0.1) is 27.6 Å². The molecule has 1 saturated heterocycles. The molecule has 2 aromatic carbocycles. The topological polar surface area (TPSA) is 66.5 Å². The van der Waals surface area contributed by atoms with Crippen molar-refractivity contribution in [1.29, 1.82) is 0 Å². The predicted molar refractivity (Wildman–Crippen MR) is 140 cm³/mol. The molecule has 2 aliphatic carbocycles. The van der Waals surface area contributed by atoms with Gasteiger partial charge in [-0.2, -0.15) is 0 Å². The Bertz CT molecular complexity index is 1310. The minimum Gasteiger partial charge on any atom is -0.322 e. The number of halogens is 6. The molecule has 1 heterocycles. The van der Waals surface area contributed by atoms with Gasteiger partial charge in [0.1, 0.15) is 9.75 Å². The van der Waals surface area contributed by atoms with Crippen LogP contribution in [0.5, 0.6) is 0 Å². The van der Waals surface area contributed by atoms with E-state index in [0.717, 1.165) is 16.0 Å². The van der Waals surface area contributed by atoms with Gasteiger partial charge in [-0.05, 0) is 55.3 Å². The Kier molecular flexibility index (Phi) is 5.77. The summed E-state index contributed by atoms with van der Waals surface area (Å²) in [6.45, 7) is 3.85. The van der Waals surface area contributed by atoms with Crippen molar-refractivity contribution in [2.45, 2.75) is 27.9 Å². The second kappa shape index (κ2) is 8.01. The summed E-state index contributed by atoms with van der Waals surface area (Å²) in [6, 6.07) is 11.8. The molecule has 0 unspecified atom stereocenters. The summed E-state index contributed by atoms with van der Waals surface area (Å²) >= 11 is 39.2. The second-order valence-electron chi connectivity index (χ2n) is 8.97. The van der Waals surface area contributed by atoms with Crippen molar-refractivity contribution >= 4 is 98.7 Å². The highest BCUT2D eigenvalue weighted by molar-refractivity contribution is 6.67. The Balaban J connectivity index is 1.50. The van der Waals surface area contributed by atoms with Gasteiger partial charge in [0.2, 0.25) is 11.8 Å². The number of imide groups is 1. The molecule has 2 fully saturated rings. The van der Waals surface area contributed by atoms with Crippen molar-refractivity contribution in [3.8, 4) is 0 Å². The van der Waals surface area contributed by atoms with Crippen molar-refractivity contribution in [3.05, 3.63) is 69.2 Å². The summed E-state index contributed by atoms with van der Waals surface area (Å²) < 4.78 is -2.00. The zero-order valence-electron chi connectivity index (χ0n) is 18.1. The number of aryl methyl sites for hydroxylation is 2. The minimum absolute atomic E-state index is 0.161. The molecule has 182 valence electrons. The van der Waals surface area contributed by atoms with E-state index in [0.29, 0.717) is 5.69 Å². The summed E-state index contributed by atoms with van der Waals surface area (Å²) in [5.41, 5.74) is 3.02. The van der Waals surface area contributed by atoms with Gasteiger partial charge in [0.15, 0.2) is 4.33 Å². The maximum atomic E-state index is 13.5. The van der Waals surface area contributed by atoms with Crippen LogP contribution in [0.2, 0.25) is 0 Å². The van der Waals surface area contributed by atoms with Gasteiger partial charge in [-0.3, -0.25) is 14.4 Å². The van der Waals surface area contributed by atoms with Crippen LogP contribution in [-0.4, -0.2) is 31.8 Å². The fraction of sp³-hybridized carbons (Fsp3) is 0.292. The van der Waals surface area contributed by atoms with Crippen LogP contribution in [0.4, 0.5) is 11.4 Å². The van der Waals surface area contributed by atoms with Gasteiger partial charge >= 0.3 is 0 Å². The fourth-order valence-corrected chi connectivity index (χ4v) is 8.21. The van der Waals surface area contributed by atoms with Crippen LogP contribution in [0, 0.1) is 25.7 Å². The number of nitrogens with zero attached hydrogens (tertiary/aromatic N) is 1. The van der Waals surface area contributed by atoms with Gasteiger partial charge in [-0.1, -0.05) is 58.5 Å². The van der Waals surface area contributed by atoms with Gasteiger partial charge in [0, 0.05) is 11.3 Å². The molecule has 0 radical (unpaired) electrons. The second-order valence-corrected chi connectivity index (χ2v) is 12.2. The van der Waals surface area contributed by atoms with Crippen LogP contribution in [0.1, 0.15) is 21.5 Å². The Morgan fingerprint density at radius 2 is 1.37 bits per heavy atom. The molecule has 5 nitrogen and oxygen atoms in total. The van der Waals surface area contributed by atoms with Crippen LogP contribution in [0.15, 0.2) is 52.5 Å². The number of carbonyl (C=O) groups is 3. The smallest absolute Gasteiger partial charge is 0.255 e. The Morgan fingerprint density at radius 1 is 0.857 bits per heavy atom. The number of hydrogen-bond acceptors (Lipinski definition) is 3. The Morgan fingerprint density at radius 3 is 1.89 bits per heavy atom. The zero-order valence-corrected chi connectivity index (χ0v) is 22.7. The normalized spacial score (nSPS) is 30.8. The van der Waals surface area contributed by atoms with Crippen molar-refractivity contribution in [2.75, 3.05) is 10.2 Å². The van der Waals surface area contributed by atoms with Crippen LogP contribution in [0.3, 0.4) is 0 Å². The number of anilines is 2. The first kappa shape index (κ1) is 25.2. The number of allylic oxidation sites excluding steroid dienone is 2. The quantitative estimate of drug-likeness (QED) is 0.326. The number of carbonyl (C=O) groups excluding carboxylic acids is 3. The van der Waals surface area contributed by atoms with Crippen LogP contribution >= 0.6 is 69.6 Å². The summed E-state index contributed by atoms with van der Waals surface area (Å²) in [6.07, 6.45) is 0. The lowest BCUT2D eigenvalue weighted by atomic mass is 9.84. The maximum Gasteiger partial charge on any atom is 0.255 e. The number of benzene rings is 2. The van der Waals surface area contributed by atoms with Crippen molar-refractivity contribution in [3.63, 3.8) is 0 Å². The third-order valence-electron chi connectivity index (χ3n) is 6.75. The van der Waals surface area contributed by atoms with E-state index in [2.05, 4.69) is 5.32 Å². The first-order valence-electron chi connectivity index (χ1n) is 10.5. The molecule has 1 aliphatic heterocycles. The summed E-state index contributed by atoms with van der Waals surface area (Å²) in [7, 11) is 0. The van der Waals surface area contributed by atoms with Crippen LogP contribution in [-0.2, 0) is 9.59 Å². The van der Waals surface area contributed by atoms with Gasteiger partial charge in [0.25, 0.3) is 5.91 Å².